The van der Waals surface area contributed by atoms with Gasteiger partial charge in [0.2, 0.25) is 15.7 Å². The molecule has 146 valence electrons. The van der Waals surface area contributed by atoms with Crippen LogP contribution >= 0.6 is 0 Å². The number of ether oxygens (including phenoxy) is 2. The van der Waals surface area contributed by atoms with Gasteiger partial charge in [0.25, 0.3) is 0 Å². The fourth-order valence-electron chi connectivity index (χ4n) is 2.52. The Balaban J connectivity index is 2.46. The number of nitrogens with one attached hydrogen (secondary N) is 2. The van der Waals surface area contributed by atoms with Gasteiger partial charge in [0.15, 0.2) is 10.6 Å². The van der Waals surface area contributed by atoms with Gasteiger partial charge in [-0.1, -0.05) is 25.1 Å². The molecule has 0 heterocycles. The smallest absolute Gasteiger partial charge is 0.239 e. The van der Waals surface area contributed by atoms with Crippen LogP contribution in [-0.2, 0) is 14.6 Å². The number of anilines is 1. The summed E-state index contributed by atoms with van der Waals surface area (Å²) < 4.78 is 37.0. The Labute approximate surface area is 159 Å². The third-order valence-electron chi connectivity index (χ3n) is 3.83. The van der Waals surface area contributed by atoms with Gasteiger partial charge in [-0.3, -0.25) is 4.79 Å². The minimum Gasteiger partial charge on any atom is -0.495 e. The van der Waals surface area contributed by atoms with Crippen molar-refractivity contribution < 1.29 is 22.7 Å². The van der Waals surface area contributed by atoms with E-state index < -0.39 is 9.84 Å². The first-order valence-corrected chi connectivity index (χ1v) is 9.99. The average Bonchev–Trinajstić information content (AvgIpc) is 2.70. The lowest BCUT2D eigenvalue weighted by Crippen LogP contribution is -2.30. The summed E-state index contributed by atoms with van der Waals surface area (Å²) >= 11 is 0. The van der Waals surface area contributed by atoms with E-state index in [2.05, 4.69) is 10.6 Å². The van der Waals surface area contributed by atoms with Gasteiger partial charge in [0.1, 0.15) is 5.75 Å². The highest BCUT2D eigenvalue weighted by atomic mass is 32.2. The summed E-state index contributed by atoms with van der Waals surface area (Å²) in [6, 6.07) is 11.2. The van der Waals surface area contributed by atoms with Gasteiger partial charge in [0, 0.05) is 6.54 Å². The lowest BCUT2D eigenvalue weighted by Gasteiger charge is -2.18. The maximum atomic E-state index is 13.2. The molecule has 0 aliphatic rings. The van der Waals surface area contributed by atoms with Crippen molar-refractivity contribution in [3.8, 4) is 11.5 Å². The number of carbonyl (C=O) groups excluding carboxylic acids is 1. The van der Waals surface area contributed by atoms with E-state index in [1.165, 1.54) is 32.4 Å². The standard InChI is InChI=1S/C19H24N2O5S/c1-4-12-20-17(22)13-21-15-10-11-16(25-2)19(18(15)26-3)27(23,24)14-8-6-5-7-9-14/h5-11,21H,4,12-13H2,1-3H3,(H,20,22). The molecule has 0 aliphatic heterocycles. The molecule has 0 aromatic heterocycles. The number of methoxy groups -OCH3 is 2. The number of benzene rings is 2. The number of amides is 1. The van der Waals surface area contributed by atoms with Crippen LogP contribution in [0.1, 0.15) is 13.3 Å². The van der Waals surface area contributed by atoms with E-state index in [4.69, 9.17) is 9.47 Å². The number of rotatable bonds is 9. The lowest BCUT2D eigenvalue weighted by atomic mass is 10.2. The summed E-state index contributed by atoms with van der Waals surface area (Å²) in [5.41, 5.74) is 0.388. The van der Waals surface area contributed by atoms with Gasteiger partial charge < -0.3 is 20.1 Å². The molecule has 2 N–H and O–H groups in total. The minimum absolute atomic E-state index is 0.00644. The number of carbonyl (C=O) groups is 1. The second-order valence-corrected chi connectivity index (χ2v) is 7.58. The normalized spacial score (nSPS) is 10.9. The molecular formula is C19H24N2O5S. The summed E-state index contributed by atoms with van der Waals surface area (Å²) in [5, 5.41) is 5.68. The maximum Gasteiger partial charge on any atom is 0.239 e. The van der Waals surface area contributed by atoms with E-state index in [1.807, 2.05) is 6.92 Å². The Bertz CT molecular complexity index is 882. The van der Waals surface area contributed by atoms with E-state index in [1.54, 1.807) is 24.3 Å². The molecule has 0 saturated heterocycles. The minimum atomic E-state index is -3.89. The maximum absolute atomic E-state index is 13.2. The van der Waals surface area contributed by atoms with Crippen molar-refractivity contribution in [1.82, 2.24) is 5.32 Å². The van der Waals surface area contributed by atoms with Crippen LogP contribution < -0.4 is 20.1 Å². The van der Waals surface area contributed by atoms with Crippen LogP contribution in [0.5, 0.6) is 11.5 Å². The highest BCUT2D eigenvalue weighted by Crippen LogP contribution is 2.41. The van der Waals surface area contributed by atoms with Crippen molar-refractivity contribution in [2.75, 3.05) is 32.6 Å². The molecule has 0 radical (unpaired) electrons. The molecule has 0 aliphatic carbocycles. The van der Waals surface area contributed by atoms with Crippen molar-refractivity contribution in [2.24, 2.45) is 0 Å². The molecule has 27 heavy (non-hydrogen) atoms. The zero-order valence-corrected chi connectivity index (χ0v) is 16.4. The second-order valence-electron chi connectivity index (χ2n) is 5.70. The summed E-state index contributed by atoms with van der Waals surface area (Å²) in [6.07, 6.45) is 0.830. The Morgan fingerprint density at radius 3 is 2.33 bits per heavy atom. The molecule has 2 aromatic rings. The quantitative estimate of drug-likeness (QED) is 0.681. The highest BCUT2D eigenvalue weighted by Gasteiger charge is 2.29. The number of hydrogen-bond donors (Lipinski definition) is 2. The molecule has 0 spiro atoms. The van der Waals surface area contributed by atoms with Gasteiger partial charge >= 0.3 is 0 Å². The van der Waals surface area contributed by atoms with Crippen LogP contribution in [0.25, 0.3) is 0 Å². The first kappa shape index (κ1) is 20.6. The van der Waals surface area contributed by atoms with Gasteiger partial charge in [-0.05, 0) is 30.7 Å². The first-order valence-electron chi connectivity index (χ1n) is 8.51. The zero-order chi connectivity index (χ0) is 19.9. The van der Waals surface area contributed by atoms with E-state index >= 15 is 0 Å². The van der Waals surface area contributed by atoms with Gasteiger partial charge in [-0.2, -0.15) is 0 Å². The van der Waals surface area contributed by atoms with Crippen LogP contribution in [0.4, 0.5) is 5.69 Å². The van der Waals surface area contributed by atoms with E-state index in [0.717, 1.165) is 6.42 Å². The molecule has 8 heteroatoms. The van der Waals surface area contributed by atoms with Crippen LogP contribution in [0.15, 0.2) is 52.3 Å². The molecule has 2 aromatic carbocycles. The zero-order valence-electron chi connectivity index (χ0n) is 15.6. The Morgan fingerprint density at radius 2 is 1.74 bits per heavy atom. The van der Waals surface area contributed by atoms with Crippen LogP contribution in [0.2, 0.25) is 0 Å². The number of sulfone groups is 1. The Hall–Kier alpha value is -2.74. The van der Waals surface area contributed by atoms with Crippen LogP contribution in [-0.4, -0.2) is 41.6 Å². The molecule has 7 nitrogen and oxygen atoms in total. The third kappa shape index (κ3) is 4.71. The number of hydrogen-bond acceptors (Lipinski definition) is 6. The Kier molecular flexibility index (Phi) is 7.06. The van der Waals surface area contributed by atoms with Crippen molar-refractivity contribution >= 4 is 21.4 Å². The molecule has 2 rings (SSSR count). The lowest BCUT2D eigenvalue weighted by molar-refractivity contribution is -0.119. The molecule has 0 fully saturated rings. The van der Waals surface area contributed by atoms with Crippen molar-refractivity contribution in [3.63, 3.8) is 0 Å². The van der Waals surface area contributed by atoms with E-state index in [0.29, 0.717) is 12.2 Å². The van der Waals surface area contributed by atoms with Gasteiger partial charge in [0.05, 0.1) is 31.3 Å². The summed E-state index contributed by atoms with van der Waals surface area (Å²) in [4.78, 5) is 11.9. The fraction of sp³-hybridized carbons (Fsp3) is 0.316. The molecular weight excluding hydrogens is 368 g/mol. The van der Waals surface area contributed by atoms with Crippen molar-refractivity contribution in [1.29, 1.82) is 0 Å². The van der Waals surface area contributed by atoms with E-state index in [-0.39, 0.29) is 33.7 Å². The molecule has 0 bridgehead atoms. The predicted molar refractivity (Wildman–Crippen MR) is 103 cm³/mol. The summed E-state index contributed by atoms with van der Waals surface area (Å²) in [7, 11) is -1.12. The molecule has 1 amide bonds. The monoisotopic (exact) mass is 392 g/mol. The fourth-order valence-corrected chi connectivity index (χ4v) is 4.13. The highest BCUT2D eigenvalue weighted by molar-refractivity contribution is 7.91. The molecule has 0 saturated carbocycles. The topological polar surface area (TPSA) is 93.7 Å². The Morgan fingerprint density at radius 1 is 1.04 bits per heavy atom. The van der Waals surface area contributed by atoms with Crippen LogP contribution in [0.3, 0.4) is 0 Å². The first-order chi connectivity index (χ1) is 13.0. The molecule has 0 unspecified atom stereocenters. The summed E-state index contributed by atoms with van der Waals surface area (Å²) in [6.45, 7) is 2.53. The second kappa shape index (κ2) is 9.27. The largest absolute Gasteiger partial charge is 0.495 e. The summed E-state index contributed by atoms with van der Waals surface area (Å²) in [5.74, 6) is 0.0698. The van der Waals surface area contributed by atoms with Crippen molar-refractivity contribution in [3.05, 3.63) is 42.5 Å². The van der Waals surface area contributed by atoms with Crippen molar-refractivity contribution in [2.45, 2.75) is 23.1 Å². The van der Waals surface area contributed by atoms with Gasteiger partial charge in [-0.25, -0.2) is 8.42 Å². The van der Waals surface area contributed by atoms with Gasteiger partial charge in [-0.15, -0.1) is 0 Å². The SMILES string of the molecule is CCCNC(=O)CNc1ccc(OC)c(S(=O)(=O)c2ccccc2)c1OC. The van der Waals surface area contributed by atoms with E-state index in [9.17, 15) is 13.2 Å². The van der Waals surface area contributed by atoms with Crippen LogP contribution in [0, 0.1) is 0 Å². The third-order valence-corrected chi connectivity index (χ3v) is 5.65. The average molecular weight is 392 g/mol. The molecule has 0 atom stereocenters. The predicted octanol–water partition coefficient (Wildman–Crippen LogP) is 2.47.